The minimum atomic E-state index is -1.14. The lowest BCUT2D eigenvalue weighted by molar-refractivity contribution is -0.139. The Labute approximate surface area is 224 Å². The smallest absolute Gasteiger partial charge is 0.407 e. The third-order valence-electron chi connectivity index (χ3n) is 6.57. The highest BCUT2D eigenvalue weighted by atomic mass is 35.5. The first-order valence-electron chi connectivity index (χ1n) is 11.8. The van der Waals surface area contributed by atoms with Crippen molar-refractivity contribution < 1.29 is 19.4 Å². The highest BCUT2D eigenvalue weighted by molar-refractivity contribution is 6.36. The summed E-state index contributed by atoms with van der Waals surface area (Å²) < 4.78 is 5.52. The maximum atomic E-state index is 12.6. The molecule has 0 aliphatic heterocycles. The summed E-state index contributed by atoms with van der Waals surface area (Å²) in [5, 5.41) is 13.3. The average molecular weight is 532 g/mol. The molecule has 0 spiro atoms. The summed E-state index contributed by atoms with van der Waals surface area (Å²) in [6.45, 7) is 0.114. The molecule has 5 nitrogen and oxygen atoms in total. The number of ether oxygens (including phenoxy) is 1. The van der Waals surface area contributed by atoms with Gasteiger partial charge in [-0.3, -0.25) is 0 Å². The highest BCUT2D eigenvalue weighted by Crippen LogP contribution is 2.44. The Morgan fingerprint density at radius 3 is 2.05 bits per heavy atom. The Morgan fingerprint density at radius 1 is 0.838 bits per heavy atom. The average Bonchev–Trinajstić information content (AvgIpc) is 3.21. The van der Waals surface area contributed by atoms with E-state index in [4.69, 9.17) is 27.9 Å². The molecule has 7 heteroatoms. The van der Waals surface area contributed by atoms with Crippen LogP contribution in [0.1, 0.15) is 22.6 Å². The molecular formula is C30H23Cl2NO4. The summed E-state index contributed by atoms with van der Waals surface area (Å²) in [4.78, 5) is 24.5. The zero-order chi connectivity index (χ0) is 25.9. The standard InChI is InChI=1S/C30H23Cl2NO4/c31-20-13-14-21(27(32)16-20)19-11-9-18(10-12-19)15-28(29(34)35)33-30(36)37-17-26-24-7-3-1-5-22(24)23-6-2-4-8-25(23)26/h1-14,16,26,28H,15,17H2,(H,33,36)(H,34,35)/t28-/m0/s1. The maximum Gasteiger partial charge on any atom is 0.407 e. The molecule has 1 aliphatic rings. The zero-order valence-corrected chi connectivity index (χ0v) is 21.2. The molecule has 0 heterocycles. The van der Waals surface area contributed by atoms with Gasteiger partial charge in [-0.05, 0) is 45.5 Å². The van der Waals surface area contributed by atoms with Gasteiger partial charge in [0.25, 0.3) is 0 Å². The predicted molar refractivity (Wildman–Crippen MR) is 145 cm³/mol. The quantitative estimate of drug-likeness (QED) is 0.264. The Kier molecular flexibility index (Phi) is 7.17. The number of carboxylic acids is 1. The van der Waals surface area contributed by atoms with Gasteiger partial charge in [-0.2, -0.15) is 0 Å². The summed E-state index contributed by atoms with van der Waals surface area (Å²) in [5.41, 5.74) is 6.88. The monoisotopic (exact) mass is 531 g/mol. The van der Waals surface area contributed by atoms with Crippen LogP contribution in [0.25, 0.3) is 22.3 Å². The van der Waals surface area contributed by atoms with Crippen molar-refractivity contribution >= 4 is 35.3 Å². The number of amides is 1. The summed E-state index contributed by atoms with van der Waals surface area (Å²) in [6, 6.07) is 27.5. The van der Waals surface area contributed by atoms with E-state index in [-0.39, 0.29) is 18.9 Å². The minimum Gasteiger partial charge on any atom is -0.480 e. The van der Waals surface area contributed by atoms with Crippen LogP contribution in [0.2, 0.25) is 10.0 Å². The predicted octanol–water partition coefficient (Wildman–Crippen LogP) is 7.19. The second-order valence-corrected chi connectivity index (χ2v) is 9.73. The van der Waals surface area contributed by atoms with Gasteiger partial charge in [0.05, 0.1) is 0 Å². The summed E-state index contributed by atoms with van der Waals surface area (Å²) in [5.74, 6) is -1.24. The van der Waals surface area contributed by atoms with Crippen LogP contribution in [0, 0.1) is 0 Å². The number of alkyl carbamates (subject to hydrolysis) is 1. The topological polar surface area (TPSA) is 75.6 Å². The Morgan fingerprint density at radius 2 is 1.46 bits per heavy atom. The van der Waals surface area contributed by atoms with E-state index in [0.717, 1.165) is 38.9 Å². The Bertz CT molecular complexity index is 1420. The minimum absolute atomic E-state index is 0.103. The molecule has 0 saturated carbocycles. The molecule has 1 amide bonds. The van der Waals surface area contributed by atoms with E-state index in [9.17, 15) is 14.7 Å². The molecule has 0 saturated heterocycles. The van der Waals surface area contributed by atoms with Crippen molar-refractivity contribution in [2.75, 3.05) is 6.61 Å². The fraction of sp³-hybridized carbons (Fsp3) is 0.133. The van der Waals surface area contributed by atoms with Crippen LogP contribution in [0.15, 0.2) is 91.0 Å². The van der Waals surface area contributed by atoms with Crippen LogP contribution >= 0.6 is 23.2 Å². The summed E-state index contributed by atoms with van der Waals surface area (Å²) in [6.07, 6.45) is -0.660. The van der Waals surface area contributed by atoms with Gasteiger partial charge in [0.2, 0.25) is 0 Å². The first-order valence-corrected chi connectivity index (χ1v) is 12.5. The first-order chi connectivity index (χ1) is 17.9. The Balaban J connectivity index is 1.23. The van der Waals surface area contributed by atoms with Gasteiger partial charge in [0, 0.05) is 27.9 Å². The van der Waals surface area contributed by atoms with Crippen molar-refractivity contribution in [1.29, 1.82) is 0 Å². The lowest BCUT2D eigenvalue weighted by Gasteiger charge is -2.18. The number of halogens is 2. The fourth-order valence-electron chi connectivity index (χ4n) is 4.76. The van der Waals surface area contributed by atoms with Gasteiger partial charge in [-0.15, -0.1) is 0 Å². The van der Waals surface area contributed by atoms with E-state index >= 15 is 0 Å². The van der Waals surface area contributed by atoms with Crippen LogP contribution in [-0.2, 0) is 16.0 Å². The molecule has 1 aliphatic carbocycles. The molecule has 37 heavy (non-hydrogen) atoms. The van der Waals surface area contributed by atoms with Crippen molar-refractivity contribution in [2.24, 2.45) is 0 Å². The molecule has 4 aromatic rings. The SMILES string of the molecule is O=C(N[C@@H](Cc1ccc(-c2ccc(Cl)cc2Cl)cc1)C(=O)O)OCC1c2ccccc2-c2ccccc21. The number of carbonyl (C=O) groups is 2. The molecule has 1 atom stereocenters. The largest absolute Gasteiger partial charge is 0.480 e. The second kappa shape index (κ2) is 10.7. The van der Waals surface area contributed by atoms with E-state index in [0.29, 0.717) is 10.0 Å². The van der Waals surface area contributed by atoms with Crippen molar-refractivity contribution in [1.82, 2.24) is 5.32 Å². The normalized spacial score (nSPS) is 12.9. The first kappa shape index (κ1) is 24.9. The molecule has 0 bridgehead atoms. The molecular weight excluding hydrogens is 509 g/mol. The lowest BCUT2D eigenvalue weighted by atomic mass is 9.98. The van der Waals surface area contributed by atoms with Crippen molar-refractivity contribution in [3.8, 4) is 22.3 Å². The summed E-state index contributed by atoms with van der Waals surface area (Å²) in [7, 11) is 0. The number of nitrogens with one attached hydrogen (secondary N) is 1. The van der Waals surface area contributed by atoms with E-state index in [1.165, 1.54) is 0 Å². The van der Waals surface area contributed by atoms with Crippen LogP contribution in [0.4, 0.5) is 4.79 Å². The molecule has 2 N–H and O–H groups in total. The molecule has 0 unspecified atom stereocenters. The number of carbonyl (C=O) groups excluding carboxylic acids is 1. The van der Waals surface area contributed by atoms with Crippen LogP contribution in [0.3, 0.4) is 0 Å². The molecule has 0 fully saturated rings. The summed E-state index contributed by atoms with van der Waals surface area (Å²) >= 11 is 12.3. The second-order valence-electron chi connectivity index (χ2n) is 8.89. The molecule has 0 radical (unpaired) electrons. The van der Waals surface area contributed by atoms with Crippen LogP contribution in [-0.4, -0.2) is 29.8 Å². The lowest BCUT2D eigenvalue weighted by Crippen LogP contribution is -2.42. The number of hydrogen-bond acceptors (Lipinski definition) is 3. The van der Waals surface area contributed by atoms with Gasteiger partial charge in [-0.1, -0.05) is 102 Å². The van der Waals surface area contributed by atoms with Crippen molar-refractivity contribution in [2.45, 2.75) is 18.4 Å². The van der Waals surface area contributed by atoms with Gasteiger partial charge >= 0.3 is 12.1 Å². The van der Waals surface area contributed by atoms with Crippen molar-refractivity contribution in [3.05, 3.63) is 118 Å². The van der Waals surface area contributed by atoms with Crippen LogP contribution < -0.4 is 5.32 Å². The number of aliphatic carboxylic acids is 1. The van der Waals surface area contributed by atoms with Gasteiger partial charge < -0.3 is 15.2 Å². The number of fused-ring (bicyclic) bond motifs is 3. The molecule has 186 valence electrons. The number of benzene rings is 4. The highest BCUT2D eigenvalue weighted by Gasteiger charge is 2.29. The van der Waals surface area contributed by atoms with Crippen LogP contribution in [0.5, 0.6) is 0 Å². The number of hydrogen-bond donors (Lipinski definition) is 2. The number of carboxylic acid groups (broad SMARTS) is 1. The molecule has 4 aromatic carbocycles. The zero-order valence-electron chi connectivity index (χ0n) is 19.7. The van der Waals surface area contributed by atoms with E-state index < -0.39 is 18.1 Å². The van der Waals surface area contributed by atoms with E-state index in [1.807, 2.05) is 66.7 Å². The Hall–Kier alpha value is -3.80. The molecule has 5 rings (SSSR count). The molecule has 0 aromatic heterocycles. The van der Waals surface area contributed by atoms with Gasteiger partial charge in [-0.25, -0.2) is 9.59 Å². The van der Waals surface area contributed by atoms with E-state index in [2.05, 4.69) is 17.4 Å². The third kappa shape index (κ3) is 5.33. The van der Waals surface area contributed by atoms with Crippen molar-refractivity contribution in [3.63, 3.8) is 0 Å². The van der Waals surface area contributed by atoms with Gasteiger partial charge in [0.1, 0.15) is 12.6 Å². The number of rotatable bonds is 7. The van der Waals surface area contributed by atoms with Gasteiger partial charge in [0.15, 0.2) is 0 Å². The fourth-order valence-corrected chi connectivity index (χ4v) is 5.28. The van der Waals surface area contributed by atoms with E-state index in [1.54, 1.807) is 12.1 Å². The maximum absolute atomic E-state index is 12.6. The third-order valence-corrected chi connectivity index (χ3v) is 7.12.